The number of benzene rings is 1. The first-order chi connectivity index (χ1) is 7.03. The van der Waals surface area contributed by atoms with Gasteiger partial charge in [0.05, 0.1) is 5.56 Å². The van der Waals surface area contributed by atoms with Crippen molar-refractivity contribution in [1.29, 1.82) is 0 Å². The van der Waals surface area contributed by atoms with E-state index >= 15 is 0 Å². The van der Waals surface area contributed by atoms with Gasteiger partial charge in [0.15, 0.2) is 0 Å². The molecule has 0 fully saturated rings. The summed E-state index contributed by atoms with van der Waals surface area (Å²) in [6.45, 7) is 0. The highest BCUT2D eigenvalue weighted by Crippen LogP contribution is 2.42. The molecule has 0 spiro atoms. The molecule has 0 radical (unpaired) electrons. The van der Waals surface area contributed by atoms with Gasteiger partial charge in [-0.1, -0.05) is 0 Å². The molecule has 1 aromatic carbocycles. The molecule has 0 amide bonds. The summed E-state index contributed by atoms with van der Waals surface area (Å²) in [5.74, 6) is -1.42. The van der Waals surface area contributed by atoms with Crippen molar-refractivity contribution in [2.75, 3.05) is 0 Å². The van der Waals surface area contributed by atoms with Gasteiger partial charge in [0, 0.05) is 3.57 Å². The zero-order chi connectivity index (χ0) is 12.7. The van der Waals surface area contributed by atoms with Gasteiger partial charge >= 0.3 is 12.4 Å². The molecule has 0 atom stereocenters. The van der Waals surface area contributed by atoms with E-state index in [1.807, 2.05) is 0 Å². The van der Waals surface area contributed by atoms with Crippen molar-refractivity contribution in [2.24, 2.45) is 0 Å². The third kappa shape index (κ3) is 2.71. The molecule has 0 aliphatic rings. The Kier molecular flexibility index (Phi) is 3.32. The Morgan fingerprint density at radius 3 is 1.75 bits per heavy atom. The van der Waals surface area contributed by atoms with Crippen molar-refractivity contribution >= 4 is 22.6 Å². The highest BCUT2D eigenvalue weighted by molar-refractivity contribution is 14.1. The van der Waals surface area contributed by atoms with Gasteiger partial charge in [-0.15, -0.1) is 0 Å². The van der Waals surface area contributed by atoms with Crippen LogP contribution in [0.2, 0.25) is 0 Å². The van der Waals surface area contributed by atoms with E-state index in [0.29, 0.717) is 6.07 Å². The number of halogens is 7. The first-order valence-corrected chi connectivity index (χ1v) is 4.78. The number of hydrogen-bond donors (Lipinski definition) is 1. The van der Waals surface area contributed by atoms with Crippen LogP contribution < -0.4 is 0 Å². The van der Waals surface area contributed by atoms with Crippen LogP contribution >= 0.6 is 22.6 Å². The molecule has 0 aliphatic carbocycles. The van der Waals surface area contributed by atoms with Crippen LogP contribution in [0.4, 0.5) is 26.3 Å². The maximum Gasteiger partial charge on any atom is 0.420 e. The molecule has 90 valence electrons. The topological polar surface area (TPSA) is 20.2 Å². The number of phenolic OH excluding ortho intramolecular Hbond substituents is 1. The second-order valence-electron chi connectivity index (χ2n) is 2.85. The zero-order valence-corrected chi connectivity index (χ0v) is 9.41. The van der Waals surface area contributed by atoms with Gasteiger partial charge in [0.1, 0.15) is 11.3 Å². The van der Waals surface area contributed by atoms with Crippen molar-refractivity contribution in [3.8, 4) is 5.75 Å². The molecule has 8 heteroatoms. The average Bonchev–Trinajstić information content (AvgIpc) is 1.97. The molecule has 0 bridgehead atoms. The lowest BCUT2D eigenvalue weighted by atomic mass is 10.1. The van der Waals surface area contributed by atoms with Crippen LogP contribution in [0.3, 0.4) is 0 Å². The summed E-state index contributed by atoms with van der Waals surface area (Å²) in [4.78, 5) is 0. The van der Waals surface area contributed by atoms with Crippen molar-refractivity contribution < 1.29 is 31.4 Å². The molecule has 0 aromatic heterocycles. The normalized spacial score (nSPS) is 12.9. The molecular formula is C8H3F6IO. The van der Waals surface area contributed by atoms with Crippen LogP contribution in [-0.4, -0.2) is 5.11 Å². The third-order valence-corrected chi connectivity index (χ3v) is 2.53. The van der Waals surface area contributed by atoms with Gasteiger partial charge in [-0.05, 0) is 34.7 Å². The van der Waals surface area contributed by atoms with Gasteiger partial charge in [0.25, 0.3) is 0 Å². The number of phenols is 1. The first kappa shape index (κ1) is 13.4. The van der Waals surface area contributed by atoms with Gasteiger partial charge in [-0.25, -0.2) is 0 Å². The first-order valence-electron chi connectivity index (χ1n) is 3.70. The largest absolute Gasteiger partial charge is 0.507 e. The number of aromatic hydroxyl groups is 1. The summed E-state index contributed by atoms with van der Waals surface area (Å²) in [7, 11) is 0. The summed E-state index contributed by atoms with van der Waals surface area (Å²) in [6.07, 6.45) is -9.67. The van der Waals surface area contributed by atoms with E-state index in [0.717, 1.165) is 22.6 Å². The monoisotopic (exact) mass is 356 g/mol. The Bertz CT molecular complexity index is 385. The Morgan fingerprint density at radius 1 is 0.938 bits per heavy atom. The van der Waals surface area contributed by atoms with E-state index in [4.69, 9.17) is 5.11 Å². The summed E-state index contributed by atoms with van der Waals surface area (Å²) in [5.41, 5.74) is -2.77. The van der Waals surface area contributed by atoms with Crippen LogP contribution in [0, 0.1) is 3.57 Å². The third-order valence-electron chi connectivity index (χ3n) is 1.68. The van der Waals surface area contributed by atoms with Crippen molar-refractivity contribution in [3.05, 3.63) is 26.8 Å². The lowest BCUT2D eigenvalue weighted by Crippen LogP contribution is -2.11. The van der Waals surface area contributed by atoms with Crippen LogP contribution in [0.1, 0.15) is 11.1 Å². The molecule has 16 heavy (non-hydrogen) atoms. The maximum absolute atomic E-state index is 12.3. The summed E-state index contributed by atoms with van der Waals surface area (Å²) in [5, 5.41) is 8.95. The predicted molar refractivity (Wildman–Crippen MR) is 50.8 cm³/mol. The molecule has 0 aliphatic heterocycles. The van der Waals surface area contributed by atoms with Crippen LogP contribution in [0.15, 0.2) is 12.1 Å². The van der Waals surface area contributed by atoms with Crippen molar-refractivity contribution in [3.63, 3.8) is 0 Å². The minimum atomic E-state index is -4.88. The SMILES string of the molecule is Oc1cc(C(F)(F)F)cc(I)c1C(F)(F)F. The van der Waals surface area contributed by atoms with Gasteiger partial charge in [0.2, 0.25) is 0 Å². The minimum Gasteiger partial charge on any atom is -0.507 e. The lowest BCUT2D eigenvalue weighted by molar-refractivity contribution is -0.143. The number of hydrogen-bond acceptors (Lipinski definition) is 1. The molecule has 0 unspecified atom stereocenters. The van der Waals surface area contributed by atoms with Crippen molar-refractivity contribution in [1.82, 2.24) is 0 Å². The highest BCUT2D eigenvalue weighted by atomic mass is 127. The number of alkyl halides is 6. The standard InChI is InChI=1S/C8H3F6IO/c9-7(10,11)3-1-4(15)6(5(16)2-3)8(12,13)14/h1-2,16H. The molecule has 0 saturated carbocycles. The fraction of sp³-hybridized carbons (Fsp3) is 0.250. The summed E-state index contributed by atoms with van der Waals surface area (Å²) < 4.78 is 72.7. The lowest BCUT2D eigenvalue weighted by Gasteiger charge is -2.14. The second kappa shape index (κ2) is 3.97. The van der Waals surface area contributed by atoms with E-state index in [-0.39, 0.29) is 6.07 Å². The van der Waals surface area contributed by atoms with Crippen LogP contribution in [0.5, 0.6) is 5.75 Å². The van der Waals surface area contributed by atoms with E-state index in [1.165, 1.54) is 0 Å². The van der Waals surface area contributed by atoms with Crippen LogP contribution in [-0.2, 0) is 12.4 Å². The molecule has 0 heterocycles. The Labute approximate surface area is 99.2 Å². The van der Waals surface area contributed by atoms with E-state index in [9.17, 15) is 26.3 Å². The second-order valence-corrected chi connectivity index (χ2v) is 4.01. The number of rotatable bonds is 0. The summed E-state index contributed by atoms with van der Waals surface area (Å²) in [6, 6.07) is 0.397. The molecule has 0 saturated heterocycles. The quantitative estimate of drug-likeness (QED) is 0.550. The molecule has 1 aromatic rings. The smallest absolute Gasteiger partial charge is 0.420 e. The van der Waals surface area contributed by atoms with Gasteiger partial charge in [-0.2, -0.15) is 26.3 Å². The highest BCUT2D eigenvalue weighted by Gasteiger charge is 2.39. The summed E-state index contributed by atoms with van der Waals surface area (Å²) >= 11 is 1.10. The minimum absolute atomic E-state index is 0.0605. The molecule has 1 N–H and O–H groups in total. The van der Waals surface area contributed by atoms with Gasteiger partial charge in [-0.3, -0.25) is 0 Å². The Balaban J connectivity index is 3.41. The Hall–Kier alpha value is -0.670. The van der Waals surface area contributed by atoms with Crippen LogP contribution in [0.25, 0.3) is 0 Å². The van der Waals surface area contributed by atoms with E-state index < -0.39 is 32.8 Å². The van der Waals surface area contributed by atoms with E-state index in [2.05, 4.69) is 0 Å². The predicted octanol–water partition coefficient (Wildman–Crippen LogP) is 4.03. The fourth-order valence-electron chi connectivity index (χ4n) is 1.04. The molecular weight excluding hydrogens is 353 g/mol. The van der Waals surface area contributed by atoms with Crippen molar-refractivity contribution in [2.45, 2.75) is 12.4 Å². The molecule has 1 nitrogen and oxygen atoms in total. The van der Waals surface area contributed by atoms with E-state index in [1.54, 1.807) is 0 Å². The fourth-order valence-corrected chi connectivity index (χ4v) is 1.95. The van der Waals surface area contributed by atoms with Gasteiger partial charge < -0.3 is 5.11 Å². The zero-order valence-electron chi connectivity index (χ0n) is 7.25. The Morgan fingerprint density at radius 2 is 1.44 bits per heavy atom. The molecule has 1 rings (SSSR count). The maximum atomic E-state index is 12.3. The average molecular weight is 356 g/mol.